The predicted molar refractivity (Wildman–Crippen MR) is 119 cm³/mol. The quantitative estimate of drug-likeness (QED) is 0.524. The molecule has 2 amide bonds. The van der Waals surface area contributed by atoms with E-state index in [2.05, 4.69) is 16.0 Å². The van der Waals surface area contributed by atoms with Gasteiger partial charge in [0.15, 0.2) is 5.69 Å². The van der Waals surface area contributed by atoms with Gasteiger partial charge >= 0.3 is 0 Å². The fourth-order valence-electron chi connectivity index (χ4n) is 3.57. The molecule has 1 saturated heterocycles. The van der Waals surface area contributed by atoms with Crippen LogP contribution in [0.3, 0.4) is 0 Å². The van der Waals surface area contributed by atoms with Gasteiger partial charge in [-0.2, -0.15) is 9.40 Å². The number of halogens is 1. The van der Waals surface area contributed by atoms with Gasteiger partial charge in [-0.25, -0.2) is 13.1 Å². The number of aromatic nitrogens is 2. The van der Waals surface area contributed by atoms with Crippen LogP contribution < -0.4 is 16.4 Å². The van der Waals surface area contributed by atoms with Crippen molar-refractivity contribution in [1.82, 2.24) is 24.9 Å². The van der Waals surface area contributed by atoms with Crippen LogP contribution in [0.1, 0.15) is 23.3 Å². The molecule has 0 radical (unpaired) electrons. The van der Waals surface area contributed by atoms with Gasteiger partial charge in [-0.15, -0.1) is 11.3 Å². The number of carbonyl (C=O) groups is 2. The molecule has 2 aromatic heterocycles. The highest BCUT2D eigenvalue weighted by molar-refractivity contribution is 7.91. The fraction of sp³-hybridized carbons (Fsp3) is 0.263. The molecule has 0 saturated carbocycles. The molecule has 3 heterocycles. The van der Waals surface area contributed by atoms with E-state index in [9.17, 15) is 22.8 Å². The first-order valence-electron chi connectivity index (χ1n) is 9.53. The summed E-state index contributed by atoms with van der Waals surface area (Å²) in [4.78, 5) is 37.6. The van der Waals surface area contributed by atoms with E-state index in [1.54, 1.807) is 24.3 Å². The van der Waals surface area contributed by atoms with Crippen molar-refractivity contribution in [1.29, 1.82) is 0 Å². The minimum absolute atomic E-state index is 0.0482. The Labute approximate surface area is 191 Å². The number of hydrogen-bond acceptors (Lipinski definition) is 7. The molecule has 2 N–H and O–H groups in total. The minimum Gasteiger partial charge on any atom is -0.271 e. The average molecular weight is 496 g/mol. The van der Waals surface area contributed by atoms with Crippen LogP contribution in [0, 0.1) is 0 Å². The van der Waals surface area contributed by atoms with E-state index in [0.29, 0.717) is 28.0 Å². The molecule has 1 atom stereocenters. The lowest BCUT2D eigenvalue weighted by Gasteiger charge is -2.22. The molecule has 0 aliphatic carbocycles. The maximum Gasteiger partial charge on any atom is 0.290 e. The van der Waals surface area contributed by atoms with Crippen LogP contribution in [0.4, 0.5) is 0 Å². The van der Waals surface area contributed by atoms with Crippen molar-refractivity contribution in [2.24, 2.45) is 7.05 Å². The second-order valence-electron chi connectivity index (χ2n) is 7.10. The van der Waals surface area contributed by atoms with Crippen LogP contribution in [-0.4, -0.2) is 46.9 Å². The van der Waals surface area contributed by atoms with Crippen molar-refractivity contribution < 1.29 is 18.0 Å². The highest BCUT2D eigenvalue weighted by Gasteiger charge is 2.40. The number of rotatable bonds is 4. The molecule has 0 spiro atoms. The summed E-state index contributed by atoms with van der Waals surface area (Å²) in [5.41, 5.74) is 4.15. The number of hydrogen-bond donors (Lipinski definition) is 2. The number of amides is 2. The molecule has 10 nitrogen and oxygen atoms in total. The number of nitrogens with one attached hydrogen (secondary N) is 2. The topological polar surface area (TPSA) is 130 Å². The molecular weight excluding hydrogens is 478 g/mol. The number of nitrogens with zero attached hydrogens (tertiary/aromatic N) is 3. The Morgan fingerprint density at radius 2 is 1.88 bits per heavy atom. The number of aryl methyl sites for hydroxylation is 1. The lowest BCUT2D eigenvalue weighted by molar-refractivity contribution is -0.125. The molecular formula is C19H18ClN5O5S2. The van der Waals surface area contributed by atoms with E-state index in [-0.39, 0.29) is 22.0 Å². The molecule has 4 rings (SSSR count). The van der Waals surface area contributed by atoms with Crippen molar-refractivity contribution in [2.75, 3.05) is 6.54 Å². The lowest BCUT2D eigenvalue weighted by Crippen LogP contribution is -2.51. The molecule has 1 aliphatic heterocycles. The molecule has 1 aromatic carbocycles. The number of thiophene rings is 1. The largest absolute Gasteiger partial charge is 0.290 e. The summed E-state index contributed by atoms with van der Waals surface area (Å²) in [6, 6.07) is 8.39. The van der Waals surface area contributed by atoms with Gasteiger partial charge in [-0.05, 0) is 31.0 Å². The van der Waals surface area contributed by atoms with Gasteiger partial charge in [0.2, 0.25) is 0 Å². The first-order valence-corrected chi connectivity index (χ1v) is 12.2. The third-order valence-electron chi connectivity index (χ3n) is 5.09. The fourth-order valence-corrected chi connectivity index (χ4v) is 6.84. The van der Waals surface area contributed by atoms with Crippen molar-refractivity contribution >= 4 is 55.5 Å². The lowest BCUT2D eigenvalue weighted by atomic mass is 10.1. The monoisotopic (exact) mass is 495 g/mol. The number of hydrazine groups is 1. The third-order valence-corrected chi connectivity index (χ3v) is 8.70. The molecule has 3 aromatic rings. The van der Waals surface area contributed by atoms with Gasteiger partial charge in [0.25, 0.3) is 27.4 Å². The van der Waals surface area contributed by atoms with Gasteiger partial charge in [-0.1, -0.05) is 29.8 Å². The first kappa shape index (κ1) is 22.4. The summed E-state index contributed by atoms with van der Waals surface area (Å²) in [6.45, 7) is 0.177. The number of carbonyl (C=O) groups excluding carboxylic acids is 2. The van der Waals surface area contributed by atoms with E-state index in [1.807, 2.05) is 0 Å². The van der Waals surface area contributed by atoms with Crippen LogP contribution in [0.2, 0.25) is 4.34 Å². The van der Waals surface area contributed by atoms with Gasteiger partial charge in [0.1, 0.15) is 10.3 Å². The van der Waals surface area contributed by atoms with Crippen LogP contribution in [0.5, 0.6) is 0 Å². The van der Waals surface area contributed by atoms with Crippen molar-refractivity contribution in [3.63, 3.8) is 0 Å². The normalized spacial score (nSPS) is 16.9. The SMILES string of the molecule is Cn1nc(C(=O)NNC(=O)C2CCCN2S(=O)(=O)c2ccc(Cl)s2)c2ccccc2c1=O. The second kappa shape index (κ2) is 8.62. The number of sulfonamides is 1. The molecule has 1 fully saturated rings. The molecule has 168 valence electrons. The third kappa shape index (κ3) is 4.01. The summed E-state index contributed by atoms with van der Waals surface area (Å²) in [7, 11) is -2.48. The highest BCUT2D eigenvalue weighted by Crippen LogP contribution is 2.32. The smallest absolute Gasteiger partial charge is 0.271 e. The zero-order valence-corrected chi connectivity index (χ0v) is 19.1. The zero-order valence-electron chi connectivity index (χ0n) is 16.7. The Balaban J connectivity index is 1.52. The Kier molecular flexibility index (Phi) is 6.03. The summed E-state index contributed by atoms with van der Waals surface area (Å²) >= 11 is 6.77. The summed E-state index contributed by atoms with van der Waals surface area (Å²) < 4.78 is 28.3. The minimum atomic E-state index is -3.90. The summed E-state index contributed by atoms with van der Waals surface area (Å²) in [5, 5.41) is 4.64. The van der Waals surface area contributed by atoms with Crippen molar-refractivity contribution in [3.05, 3.63) is 56.8 Å². The maximum atomic E-state index is 12.9. The van der Waals surface area contributed by atoms with Gasteiger partial charge in [0, 0.05) is 19.0 Å². The predicted octanol–water partition coefficient (Wildman–Crippen LogP) is 1.26. The maximum absolute atomic E-state index is 12.9. The van der Waals surface area contributed by atoms with E-state index in [4.69, 9.17) is 11.6 Å². The van der Waals surface area contributed by atoms with Crippen molar-refractivity contribution in [2.45, 2.75) is 23.1 Å². The Morgan fingerprint density at radius 1 is 1.16 bits per heavy atom. The van der Waals surface area contributed by atoms with E-state index in [0.717, 1.165) is 20.3 Å². The Bertz CT molecular complexity index is 1380. The van der Waals surface area contributed by atoms with Crippen LogP contribution in [0.15, 0.2) is 45.4 Å². The molecule has 1 aliphatic rings. The Hall–Kier alpha value is -2.80. The van der Waals surface area contributed by atoms with E-state index < -0.39 is 27.9 Å². The molecule has 32 heavy (non-hydrogen) atoms. The van der Waals surface area contributed by atoms with E-state index >= 15 is 0 Å². The van der Waals surface area contributed by atoms with Gasteiger partial charge < -0.3 is 0 Å². The Morgan fingerprint density at radius 3 is 2.56 bits per heavy atom. The summed E-state index contributed by atoms with van der Waals surface area (Å²) in [5.74, 6) is -1.40. The van der Waals surface area contributed by atoms with Gasteiger partial charge in [0.05, 0.1) is 9.72 Å². The van der Waals surface area contributed by atoms with Crippen molar-refractivity contribution in [3.8, 4) is 0 Å². The first-order chi connectivity index (χ1) is 15.2. The number of benzene rings is 1. The second-order valence-corrected chi connectivity index (χ2v) is 10.9. The standard InChI is InChI=1S/C19H18ClN5O5S2/c1-24-19(28)12-6-3-2-5-11(12)16(23-24)18(27)22-21-17(26)13-7-4-10-25(13)32(29,30)15-9-8-14(20)31-15/h2-3,5-6,8-9,13H,4,7,10H2,1H3,(H,21,26)(H,22,27). The molecule has 0 bridgehead atoms. The average Bonchev–Trinajstić information content (AvgIpc) is 3.44. The van der Waals surface area contributed by atoms with Crippen LogP contribution in [0.25, 0.3) is 10.8 Å². The van der Waals surface area contributed by atoms with Gasteiger partial charge in [-0.3, -0.25) is 25.2 Å². The highest BCUT2D eigenvalue weighted by atomic mass is 35.5. The van der Waals surface area contributed by atoms with E-state index in [1.165, 1.54) is 19.2 Å². The molecule has 1 unspecified atom stereocenters. The molecule has 13 heteroatoms. The number of fused-ring (bicyclic) bond motifs is 1. The van der Waals surface area contributed by atoms with Crippen LogP contribution in [-0.2, 0) is 21.9 Å². The van der Waals surface area contributed by atoms with Crippen LogP contribution >= 0.6 is 22.9 Å². The summed E-state index contributed by atoms with van der Waals surface area (Å²) in [6.07, 6.45) is 0.804. The zero-order chi connectivity index (χ0) is 23.0.